The first-order valence-corrected chi connectivity index (χ1v) is 9.59. The van der Waals surface area contributed by atoms with Crippen molar-refractivity contribution < 1.29 is 18.7 Å². The predicted molar refractivity (Wildman–Crippen MR) is 104 cm³/mol. The van der Waals surface area contributed by atoms with E-state index < -0.39 is 11.5 Å². The number of nitrogens with one attached hydrogen (secondary N) is 2. The van der Waals surface area contributed by atoms with Gasteiger partial charge in [-0.15, -0.1) is 10.2 Å². The van der Waals surface area contributed by atoms with Gasteiger partial charge in [-0.05, 0) is 19.4 Å². The monoisotopic (exact) mass is 418 g/mol. The third-order valence-electron chi connectivity index (χ3n) is 4.27. The topological polar surface area (TPSA) is 133 Å². The first kappa shape index (κ1) is 19.1. The predicted octanol–water partition coefficient (Wildman–Crippen LogP) is 1.45. The van der Waals surface area contributed by atoms with Gasteiger partial charge >= 0.3 is 5.63 Å². The molecule has 4 heterocycles. The number of hydrogen-bond donors (Lipinski definition) is 2. The Morgan fingerprint density at radius 3 is 2.97 bits per heavy atom. The van der Waals surface area contributed by atoms with Crippen molar-refractivity contribution >= 4 is 28.1 Å². The van der Waals surface area contributed by atoms with Crippen LogP contribution in [0.5, 0.6) is 5.75 Å². The molecule has 0 spiro atoms. The Balaban J connectivity index is 1.55. The van der Waals surface area contributed by atoms with E-state index in [1.807, 2.05) is 13.0 Å². The van der Waals surface area contributed by atoms with Crippen LogP contribution in [0.25, 0.3) is 5.13 Å². The highest BCUT2D eigenvalue weighted by molar-refractivity contribution is 7.17. The Hall–Kier alpha value is -3.25. The molecule has 1 amide bonds. The molecule has 0 aromatic carbocycles. The van der Waals surface area contributed by atoms with Crippen molar-refractivity contribution in [2.24, 2.45) is 0 Å². The number of nitrogens with zero attached hydrogens (tertiary/aromatic N) is 4. The van der Waals surface area contributed by atoms with Gasteiger partial charge in [-0.1, -0.05) is 11.3 Å². The molecule has 0 radical (unpaired) electrons. The highest BCUT2D eigenvalue weighted by Crippen LogP contribution is 2.25. The van der Waals surface area contributed by atoms with Crippen LogP contribution in [0.4, 0.5) is 10.8 Å². The molecule has 1 atom stereocenters. The van der Waals surface area contributed by atoms with Crippen LogP contribution in [-0.4, -0.2) is 52.3 Å². The van der Waals surface area contributed by atoms with Crippen molar-refractivity contribution in [2.45, 2.75) is 19.4 Å². The Kier molecular flexibility index (Phi) is 5.27. The number of anilines is 2. The van der Waals surface area contributed by atoms with E-state index >= 15 is 0 Å². The Labute approximate surface area is 168 Å². The molecule has 0 bridgehead atoms. The number of ether oxygens (including phenoxy) is 2. The fourth-order valence-corrected chi connectivity index (χ4v) is 3.60. The Morgan fingerprint density at radius 1 is 1.41 bits per heavy atom. The van der Waals surface area contributed by atoms with Crippen molar-refractivity contribution in [2.75, 3.05) is 31.0 Å². The molecular formula is C17H18N6O5S. The van der Waals surface area contributed by atoms with Crippen LogP contribution in [0.1, 0.15) is 22.7 Å². The highest BCUT2D eigenvalue weighted by Gasteiger charge is 2.22. The number of aryl methyl sites for hydroxylation is 1. The minimum Gasteiger partial charge on any atom is -0.488 e. The Morgan fingerprint density at radius 2 is 2.28 bits per heavy atom. The van der Waals surface area contributed by atoms with Gasteiger partial charge in [0.1, 0.15) is 0 Å². The SMILES string of the molecule is COc1c(N[C@@H]2CCOC2)cc(C(=O)Nc2nnc(-n3nccc3C)s2)oc1=O. The zero-order chi connectivity index (χ0) is 20.4. The van der Waals surface area contributed by atoms with Gasteiger partial charge in [-0.25, -0.2) is 9.48 Å². The van der Waals surface area contributed by atoms with Crippen LogP contribution in [0.2, 0.25) is 0 Å². The minimum absolute atomic E-state index is 0.000749. The molecule has 4 rings (SSSR count). The average Bonchev–Trinajstić information content (AvgIpc) is 3.44. The standard InChI is InChI=1S/C17H18N6O5S/c1-9-3-5-18-23(9)17-22-21-16(29-17)20-14(24)12-7-11(13(26-2)15(25)28-12)19-10-4-6-27-8-10/h3,5,7,10,19H,4,6,8H2,1-2H3,(H,20,21,24)/t10-/m1/s1. The fourth-order valence-electron chi connectivity index (χ4n) is 2.84. The number of carbonyl (C=O) groups excluding carboxylic acids is 1. The molecule has 3 aromatic heterocycles. The molecule has 2 N–H and O–H groups in total. The van der Waals surface area contributed by atoms with Crippen molar-refractivity contribution in [3.05, 3.63) is 40.2 Å². The molecule has 0 aliphatic carbocycles. The lowest BCUT2D eigenvalue weighted by Gasteiger charge is -2.15. The maximum atomic E-state index is 12.6. The van der Waals surface area contributed by atoms with Gasteiger partial charge in [0.25, 0.3) is 5.91 Å². The molecule has 1 aliphatic rings. The quantitative estimate of drug-likeness (QED) is 0.610. The second-order valence-electron chi connectivity index (χ2n) is 6.28. The van der Waals surface area contributed by atoms with E-state index in [9.17, 15) is 9.59 Å². The Bertz CT molecular complexity index is 1080. The lowest BCUT2D eigenvalue weighted by Crippen LogP contribution is -2.22. The first-order chi connectivity index (χ1) is 14.0. The van der Waals surface area contributed by atoms with Crippen LogP contribution < -0.4 is 21.0 Å². The van der Waals surface area contributed by atoms with Crippen LogP contribution in [0.15, 0.2) is 27.5 Å². The smallest absolute Gasteiger partial charge is 0.381 e. The zero-order valence-corrected chi connectivity index (χ0v) is 16.5. The second-order valence-corrected chi connectivity index (χ2v) is 7.23. The summed E-state index contributed by atoms with van der Waals surface area (Å²) < 4.78 is 17.2. The number of rotatable bonds is 6. The van der Waals surface area contributed by atoms with E-state index in [1.165, 1.54) is 13.2 Å². The molecule has 3 aromatic rings. The summed E-state index contributed by atoms with van der Waals surface area (Å²) in [6, 6.07) is 3.27. The van der Waals surface area contributed by atoms with Gasteiger partial charge in [-0.2, -0.15) is 5.10 Å². The number of hydrogen-bond acceptors (Lipinski definition) is 10. The van der Waals surface area contributed by atoms with Crippen LogP contribution in [0, 0.1) is 6.92 Å². The molecule has 1 aliphatic heterocycles. The molecule has 12 heteroatoms. The maximum Gasteiger partial charge on any atom is 0.381 e. The third-order valence-corrected chi connectivity index (χ3v) is 5.09. The van der Waals surface area contributed by atoms with E-state index in [1.54, 1.807) is 10.9 Å². The van der Waals surface area contributed by atoms with Crippen molar-refractivity contribution in [1.82, 2.24) is 20.0 Å². The van der Waals surface area contributed by atoms with E-state index in [0.29, 0.717) is 24.0 Å². The van der Waals surface area contributed by atoms with E-state index in [0.717, 1.165) is 23.5 Å². The van der Waals surface area contributed by atoms with Gasteiger partial charge in [0.15, 0.2) is 5.76 Å². The lowest BCUT2D eigenvalue weighted by atomic mass is 10.2. The lowest BCUT2D eigenvalue weighted by molar-refractivity contribution is 0.0991. The van der Waals surface area contributed by atoms with Crippen LogP contribution in [0.3, 0.4) is 0 Å². The van der Waals surface area contributed by atoms with E-state index in [2.05, 4.69) is 25.9 Å². The number of carbonyl (C=O) groups is 1. The first-order valence-electron chi connectivity index (χ1n) is 8.77. The molecule has 29 heavy (non-hydrogen) atoms. The molecule has 152 valence electrons. The summed E-state index contributed by atoms with van der Waals surface area (Å²) >= 11 is 1.14. The molecule has 0 unspecified atom stereocenters. The molecule has 11 nitrogen and oxygen atoms in total. The third kappa shape index (κ3) is 3.98. The summed E-state index contributed by atoms with van der Waals surface area (Å²) in [5.74, 6) is -0.805. The minimum atomic E-state index is -0.758. The van der Waals surface area contributed by atoms with Crippen molar-refractivity contribution in [1.29, 1.82) is 0 Å². The number of aromatic nitrogens is 4. The van der Waals surface area contributed by atoms with Gasteiger partial charge in [0.05, 0.1) is 25.4 Å². The number of methoxy groups -OCH3 is 1. The van der Waals surface area contributed by atoms with Crippen molar-refractivity contribution in [3.8, 4) is 10.9 Å². The number of amides is 1. The van der Waals surface area contributed by atoms with E-state index in [4.69, 9.17) is 13.9 Å². The summed E-state index contributed by atoms with van der Waals surface area (Å²) in [5, 5.41) is 18.6. The molecular weight excluding hydrogens is 400 g/mol. The average molecular weight is 418 g/mol. The van der Waals surface area contributed by atoms with Gasteiger partial charge in [0.2, 0.25) is 16.0 Å². The summed E-state index contributed by atoms with van der Waals surface area (Å²) in [4.78, 5) is 24.8. The largest absolute Gasteiger partial charge is 0.488 e. The van der Waals surface area contributed by atoms with Gasteiger partial charge in [-0.3, -0.25) is 10.1 Å². The maximum absolute atomic E-state index is 12.6. The summed E-state index contributed by atoms with van der Waals surface area (Å²) in [6.07, 6.45) is 2.43. The van der Waals surface area contributed by atoms with Crippen molar-refractivity contribution in [3.63, 3.8) is 0 Å². The van der Waals surface area contributed by atoms with Crippen LogP contribution in [-0.2, 0) is 4.74 Å². The summed E-state index contributed by atoms with van der Waals surface area (Å²) in [6.45, 7) is 3.01. The van der Waals surface area contributed by atoms with E-state index in [-0.39, 0.29) is 22.7 Å². The molecule has 1 fully saturated rings. The molecule has 0 saturated carbocycles. The second kappa shape index (κ2) is 8.01. The normalized spacial score (nSPS) is 16.0. The highest BCUT2D eigenvalue weighted by atomic mass is 32.1. The van der Waals surface area contributed by atoms with Crippen LogP contribution >= 0.6 is 11.3 Å². The summed E-state index contributed by atoms with van der Waals surface area (Å²) in [7, 11) is 1.36. The molecule has 1 saturated heterocycles. The summed E-state index contributed by atoms with van der Waals surface area (Å²) in [5.41, 5.74) is 0.494. The zero-order valence-electron chi connectivity index (χ0n) is 15.7. The fraction of sp³-hybridized carbons (Fsp3) is 0.353. The van der Waals surface area contributed by atoms with Gasteiger partial charge in [0, 0.05) is 24.6 Å². The van der Waals surface area contributed by atoms with Gasteiger partial charge < -0.3 is 19.2 Å².